The Morgan fingerprint density at radius 2 is 1.93 bits per heavy atom. The average molecular weight is 365 g/mol. The highest BCUT2D eigenvalue weighted by Crippen LogP contribution is 2.29. The Kier molecular flexibility index (Phi) is 6.84. The van der Waals surface area contributed by atoms with Crippen LogP contribution in [0, 0.1) is 18.3 Å². The highest BCUT2D eigenvalue weighted by Gasteiger charge is 2.13. The van der Waals surface area contributed by atoms with E-state index >= 15 is 0 Å². The molecule has 2 aromatic carbocycles. The van der Waals surface area contributed by atoms with Gasteiger partial charge in [0, 0.05) is 23.6 Å². The maximum Gasteiger partial charge on any atom is 0.267 e. The lowest BCUT2D eigenvalue weighted by atomic mass is 10.1. The normalized spacial score (nSPS) is 10.7. The van der Waals surface area contributed by atoms with E-state index in [4.69, 9.17) is 9.47 Å². The monoisotopic (exact) mass is 365 g/mol. The summed E-state index contributed by atoms with van der Waals surface area (Å²) < 4.78 is 10.4. The van der Waals surface area contributed by atoms with Crippen molar-refractivity contribution in [3.05, 3.63) is 59.3 Å². The van der Waals surface area contributed by atoms with Gasteiger partial charge >= 0.3 is 0 Å². The van der Waals surface area contributed by atoms with E-state index in [9.17, 15) is 10.1 Å². The molecule has 0 aliphatic carbocycles. The number of hydrogen-bond acceptors (Lipinski definition) is 5. The molecule has 0 fully saturated rings. The second-order valence-corrected chi connectivity index (χ2v) is 5.80. The minimum absolute atomic E-state index is 0.0323. The van der Waals surface area contributed by atoms with E-state index in [0.717, 1.165) is 23.2 Å². The first-order valence-electron chi connectivity index (χ1n) is 8.52. The lowest BCUT2D eigenvalue weighted by Gasteiger charge is -2.13. The molecule has 27 heavy (non-hydrogen) atoms. The van der Waals surface area contributed by atoms with Gasteiger partial charge in [0.25, 0.3) is 5.91 Å². The number of methoxy groups -OCH3 is 2. The van der Waals surface area contributed by atoms with Gasteiger partial charge in [0.1, 0.15) is 11.6 Å². The number of nitrogens with one attached hydrogen (secondary N) is 2. The predicted octanol–water partition coefficient (Wildman–Crippen LogP) is 4.03. The van der Waals surface area contributed by atoms with Gasteiger partial charge in [-0.1, -0.05) is 25.1 Å². The molecule has 0 saturated carbocycles. The highest BCUT2D eigenvalue weighted by molar-refractivity contribution is 6.07. The second-order valence-electron chi connectivity index (χ2n) is 5.80. The van der Waals surface area contributed by atoms with Crippen LogP contribution in [-0.4, -0.2) is 20.1 Å². The molecular weight excluding hydrogens is 342 g/mol. The van der Waals surface area contributed by atoms with Crippen LogP contribution >= 0.6 is 0 Å². The molecule has 0 spiro atoms. The van der Waals surface area contributed by atoms with E-state index in [-0.39, 0.29) is 5.57 Å². The number of para-hydroxylation sites is 1. The van der Waals surface area contributed by atoms with Gasteiger partial charge in [-0.25, -0.2) is 0 Å². The van der Waals surface area contributed by atoms with Gasteiger partial charge in [-0.15, -0.1) is 0 Å². The van der Waals surface area contributed by atoms with Crippen molar-refractivity contribution in [2.75, 3.05) is 24.9 Å². The van der Waals surface area contributed by atoms with Gasteiger partial charge in [-0.05, 0) is 36.6 Å². The number of aryl methyl sites for hydroxylation is 2. The highest BCUT2D eigenvalue weighted by atomic mass is 16.5. The first-order chi connectivity index (χ1) is 13.0. The second kappa shape index (κ2) is 9.30. The van der Waals surface area contributed by atoms with Gasteiger partial charge in [0.2, 0.25) is 0 Å². The zero-order valence-corrected chi connectivity index (χ0v) is 15.9. The average Bonchev–Trinajstić information content (AvgIpc) is 2.69. The van der Waals surface area contributed by atoms with Crippen molar-refractivity contribution in [3.8, 4) is 17.6 Å². The van der Waals surface area contributed by atoms with Crippen LogP contribution in [0.3, 0.4) is 0 Å². The van der Waals surface area contributed by atoms with Gasteiger partial charge in [-0.3, -0.25) is 4.79 Å². The van der Waals surface area contributed by atoms with E-state index in [0.29, 0.717) is 17.2 Å². The van der Waals surface area contributed by atoms with Gasteiger partial charge < -0.3 is 20.1 Å². The fourth-order valence-corrected chi connectivity index (χ4v) is 2.61. The SMILES string of the molecule is CCc1cccc(C)c1NC(=O)/C(C#N)=C\Nc1ccc(OC)c(OC)c1. The summed E-state index contributed by atoms with van der Waals surface area (Å²) in [5, 5.41) is 15.2. The first kappa shape index (κ1) is 19.9. The molecule has 140 valence electrons. The van der Waals surface area contributed by atoms with Crippen molar-refractivity contribution in [1.29, 1.82) is 5.26 Å². The zero-order chi connectivity index (χ0) is 19.8. The van der Waals surface area contributed by atoms with E-state index in [1.54, 1.807) is 32.4 Å². The largest absolute Gasteiger partial charge is 0.493 e. The molecule has 0 aliphatic heterocycles. The Morgan fingerprint density at radius 1 is 1.19 bits per heavy atom. The van der Waals surface area contributed by atoms with E-state index in [1.807, 2.05) is 38.1 Å². The summed E-state index contributed by atoms with van der Waals surface area (Å²) in [6.45, 7) is 3.94. The molecule has 0 heterocycles. The summed E-state index contributed by atoms with van der Waals surface area (Å²) in [7, 11) is 3.10. The number of nitrogens with zero attached hydrogens (tertiary/aromatic N) is 1. The Morgan fingerprint density at radius 3 is 2.56 bits per heavy atom. The summed E-state index contributed by atoms with van der Waals surface area (Å²) in [6, 6.07) is 13.0. The molecule has 2 rings (SSSR count). The summed E-state index contributed by atoms with van der Waals surface area (Å²) in [6.07, 6.45) is 2.16. The maximum atomic E-state index is 12.5. The maximum absolute atomic E-state index is 12.5. The molecule has 0 aliphatic rings. The summed E-state index contributed by atoms with van der Waals surface area (Å²) in [5.74, 6) is 0.678. The Bertz CT molecular complexity index is 898. The molecule has 2 aromatic rings. The van der Waals surface area contributed by atoms with Crippen molar-refractivity contribution < 1.29 is 14.3 Å². The van der Waals surface area contributed by atoms with Crippen LogP contribution in [0.25, 0.3) is 0 Å². The molecule has 0 radical (unpaired) electrons. The number of amides is 1. The Labute approximate surface area is 159 Å². The third kappa shape index (κ3) is 4.79. The van der Waals surface area contributed by atoms with Crippen molar-refractivity contribution in [1.82, 2.24) is 0 Å². The number of rotatable bonds is 7. The van der Waals surface area contributed by atoms with Crippen LogP contribution in [-0.2, 0) is 11.2 Å². The molecule has 0 bridgehead atoms. The predicted molar refractivity (Wildman–Crippen MR) is 106 cm³/mol. The lowest BCUT2D eigenvalue weighted by Crippen LogP contribution is -2.16. The quantitative estimate of drug-likeness (QED) is 0.572. The number of anilines is 2. The van der Waals surface area contributed by atoms with Crippen molar-refractivity contribution in [2.45, 2.75) is 20.3 Å². The molecule has 6 heteroatoms. The molecule has 0 unspecified atom stereocenters. The Balaban J connectivity index is 2.19. The lowest BCUT2D eigenvalue weighted by molar-refractivity contribution is -0.112. The van der Waals surface area contributed by atoms with E-state index < -0.39 is 5.91 Å². The smallest absolute Gasteiger partial charge is 0.267 e. The molecule has 0 atom stereocenters. The third-order valence-corrected chi connectivity index (χ3v) is 4.11. The molecule has 0 saturated heterocycles. The third-order valence-electron chi connectivity index (χ3n) is 4.11. The number of hydrogen-bond donors (Lipinski definition) is 2. The number of carbonyl (C=O) groups excluding carboxylic acids is 1. The molecule has 6 nitrogen and oxygen atoms in total. The summed E-state index contributed by atoms with van der Waals surface area (Å²) in [4.78, 5) is 12.5. The first-order valence-corrected chi connectivity index (χ1v) is 8.52. The van der Waals surface area contributed by atoms with Crippen LogP contribution in [0.2, 0.25) is 0 Å². The van der Waals surface area contributed by atoms with E-state index in [2.05, 4.69) is 10.6 Å². The topological polar surface area (TPSA) is 83.4 Å². The number of nitriles is 1. The molecular formula is C21H23N3O3. The van der Waals surface area contributed by atoms with Crippen molar-refractivity contribution >= 4 is 17.3 Å². The summed E-state index contributed by atoms with van der Waals surface area (Å²) in [5.41, 5.74) is 3.35. The van der Waals surface area contributed by atoms with E-state index in [1.165, 1.54) is 6.20 Å². The standard InChI is InChI=1S/C21H23N3O3/c1-5-15-8-6-7-14(2)20(15)24-21(25)16(12-22)13-23-17-9-10-18(26-3)19(11-17)27-4/h6-11,13,23H,5H2,1-4H3,(H,24,25)/b16-13-. The number of benzene rings is 2. The van der Waals surface area contributed by atoms with Gasteiger partial charge in [-0.2, -0.15) is 5.26 Å². The molecule has 0 aromatic heterocycles. The van der Waals surface area contributed by atoms with Crippen molar-refractivity contribution in [3.63, 3.8) is 0 Å². The van der Waals surface area contributed by atoms with Crippen LogP contribution in [0.5, 0.6) is 11.5 Å². The fourth-order valence-electron chi connectivity index (χ4n) is 2.61. The number of carbonyl (C=O) groups is 1. The van der Waals surface area contributed by atoms with Crippen LogP contribution in [0.15, 0.2) is 48.2 Å². The van der Waals surface area contributed by atoms with Crippen LogP contribution < -0.4 is 20.1 Å². The molecule has 2 N–H and O–H groups in total. The fraction of sp³-hybridized carbons (Fsp3) is 0.238. The van der Waals surface area contributed by atoms with Gasteiger partial charge in [0.05, 0.1) is 14.2 Å². The van der Waals surface area contributed by atoms with Crippen LogP contribution in [0.4, 0.5) is 11.4 Å². The zero-order valence-electron chi connectivity index (χ0n) is 15.9. The van der Waals surface area contributed by atoms with Gasteiger partial charge in [0.15, 0.2) is 11.5 Å². The minimum atomic E-state index is -0.463. The van der Waals surface area contributed by atoms with Crippen LogP contribution in [0.1, 0.15) is 18.1 Å². The minimum Gasteiger partial charge on any atom is -0.493 e. The summed E-state index contributed by atoms with van der Waals surface area (Å²) >= 11 is 0. The molecule has 1 amide bonds. The number of ether oxygens (including phenoxy) is 2. The van der Waals surface area contributed by atoms with Crippen molar-refractivity contribution in [2.24, 2.45) is 0 Å². The Hall–Kier alpha value is -3.46.